The van der Waals surface area contributed by atoms with Gasteiger partial charge in [-0.2, -0.15) is 0 Å². The zero-order valence-electron chi connectivity index (χ0n) is 21.6. The van der Waals surface area contributed by atoms with Gasteiger partial charge < -0.3 is 5.11 Å². The first-order valence-electron chi connectivity index (χ1n) is 13.4. The van der Waals surface area contributed by atoms with Gasteiger partial charge in [0, 0.05) is 0 Å². The highest BCUT2D eigenvalue weighted by atomic mass is 16.3. The molecule has 1 heteroatoms. The van der Waals surface area contributed by atoms with Crippen LogP contribution in [0.15, 0.2) is 23.3 Å². The molecular formula is C30H48O. The van der Waals surface area contributed by atoms with Crippen molar-refractivity contribution in [1.29, 1.82) is 0 Å². The Hall–Kier alpha value is -0.560. The molecule has 0 heterocycles. The number of allylic oxidation sites excluding steroid dienone is 4. The third-order valence-corrected chi connectivity index (χ3v) is 12.9. The molecule has 1 N–H and O–H groups in total. The molecule has 0 aromatic rings. The lowest BCUT2D eigenvalue weighted by atomic mass is 9.33. The van der Waals surface area contributed by atoms with Crippen LogP contribution >= 0.6 is 0 Å². The Morgan fingerprint density at radius 1 is 0.871 bits per heavy atom. The maximum absolute atomic E-state index is 10.9. The molecular weight excluding hydrogens is 376 g/mol. The zero-order valence-corrected chi connectivity index (χ0v) is 21.6. The van der Waals surface area contributed by atoms with Crippen LogP contribution in [-0.4, -0.2) is 11.2 Å². The highest BCUT2D eigenvalue weighted by Crippen LogP contribution is 2.75. The van der Waals surface area contributed by atoms with E-state index in [2.05, 4.69) is 67.5 Å². The molecule has 1 nitrogen and oxygen atoms in total. The van der Waals surface area contributed by atoms with Gasteiger partial charge in [0.2, 0.25) is 0 Å². The monoisotopic (exact) mass is 424 g/mol. The highest BCUT2D eigenvalue weighted by Gasteiger charge is 2.67. The summed E-state index contributed by atoms with van der Waals surface area (Å²) in [5.74, 6) is 2.80. The largest absolute Gasteiger partial charge is 0.393 e. The minimum absolute atomic E-state index is 0.0458. The fourth-order valence-electron chi connectivity index (χ4n) is 10.4. The molecule has 0 saturated heterocycles. The number of hydrogen-bond donors (Lipinski definition) is 1. The van der Waals surface area contributed by atoms with Crippen molar-refractivity contribution in [3.05, 3.63) is 23.3 Å². The summed E-state index contributed by atoms with van der Waals surface area (Å²) >= 11 is 0. The van der Waals surface area contributed by atoms with Crippen LogP contribution in [0.3, 0.4) is 0 Å². The third-order valence-electron chi connectivity index (χ3n) is 12.9. The molecule has 9 atom stereocenters. The first-order chi connectivity index (χ1) is 14.3. The molecule has 3 fully saturated rings. The highest BCUT2D eigenvalue weighted by molar-refractivity contribution is 5.36. The van der Waals surface area contributed by atoms with E-state index in [-0.39, 0.29) is 11.5 Å². The average Bonchev–Trinajstić information content (AvgIpc) is 2.69. The lowest BCUT2D eigenvalue weighted by molar-refractivity contribution is -0.201. The summed E-state index contributed by atoms with van der Waals surface area (Å²) in [4.78, 5) is 0. The molecule has 174 valence electrons. The van der Waals surface area contributed by atoms with E-state index < -0.39 is 0 Å². The van der Waals surface area contributed by atoms with Crippen LogP contribution in [0.2, 0.25) is 0 Å². The molecule has 0 bridgehead atoms. The number of aliphatic hydroxyl groups is 1. The SMILES string of the molecule is CC1=CC[C@]2(C)CC[C@]3(C)C(=CC[C@@H]4[C@@]5(C)CC[C@H](O)C(C)(C)[C@H]5CC[C@]43C)[C@@H]2[C@@H]1C. The van der Waals surface area contributed by atoms with Crippen LogP contribution in [0.4, 0.5) is 0 Å². The summed E-state index contributed by atoms with van der Waals surface area (Å²) in [6.45, 7) is 20.2. The Kier molecular flexibility index (Phi) is 4.68. The first-order valence-corrected chi connectivity index (χ1v) is 13.4. The number of rotatable bonds is 0. The summed E-state index contributed by atoms with van der Waals surface area (Å²) in [5, 5.41) is 10.9. The van der Waals surface area contributed by atoms with E-state index in [1.54, 1.807) is 5.57 Å². The van der Waals surface area contributed by atoms with Crippen molar-refractivity contribution in [2.75, 3.05) is 0 Å². The predicted molar refractivity (Wildman–Crippen MR) is 131 cm³/mol. The van der Waals surface area contributed by atoms with E-state index in [1.165, 1.54) is 44.9 Å². The van der Waals surface area contributed by atoms with Gasteiger partial charge in [0.1, 0.15) is 0 Å². The normalized spacial score (nSPS) is 55.7. The zero-order chi connectivity index (χ0) is 22.6. The van der Waals surface area contributed by atoms with E-state index in [1.807, 2.05) is 5.57 Å². The van der Waals surface area contributed by atoms with Crippen LogP contribution in [0.25, 0.3) is 0 Å². The van der Waals surface area contributed by atoms with Gasteiger partial charge in [-0.1, -0.05) is 71.8 Å². The summed E-state index contributed by atoms with van der Waals surface area (Å²) in [7, 11) is 0. The number of fused-ring (bicyclic) bond motifs is 7. The number of hydrogen-bond acceptors (Lipinski definition) is 1. The van der Waals surface area contributed by atoms with Gasteiger partial charge in [-0.05, 0) is 109 Å². The predicted octanol–water partition coefficient (Wildman–Crippen LogP) is 7.94. The van der Waals surface area contributed by atoms with Crippen LogP contribution in [0, 0.1) is 50.7 Å². The Balaban J connectivity index is 1.60. The van der Waals surface area contributed by atoms with Crippen LogP contribution < -0.4 is 0 Å². The maximum atomic E-state index is 10.9. The summed E-state index contributed by atoms with van der Waals surface area (Å²) in [5.41, 5.74) is 5.04. The maximum Gasteiger partial charge on any atom is 0.0594 e. The molecule has 5 aliphatic rings. The molecule has 0 spiro atoms. The van der Waals surface area contributed by atoms with Crippen molar-refractivity contribution in [1.82, 2.24) is 0 Å². The molecule has 3 saturated carbocycles. The minimum Gasteiger partial charge on any atom is -0.393 e. The minimum atomic E-state index is -0.131. The Labute approximate surface area is 192 Å². The molecule has 5 aliphatic carbocycles. The Morgan fingerprint density at radius 3 is 2.29 bits per heavy atom. The smallest absolute Gasteiger partial charge is 0.0594 e. The van der Waals surface area contributed by atoms with Crippen molar-refractivity contribution < 1.29 is 5.11 Å². The van der Waals surface area contributed by atoms with Crippen molar-refractivity contribution in [2.24, 2.45) is 50.7 Å². The van der Waals surface area contributed by atoms with E-state index in [0.29, 0.717) is 33.5 Å². The molecule has 31 heavy (non-hydrogen) atoms. The second kappa shape index (κ2) is 6.52. The average molecular weight is 425 g/mol. The first kappa shape index (κ1) is 22.2. The second-order valence-electron chi connectivity index (χ2n) is 14.2. The van der Waals surface area contributed by atoms with Crippen molar-refractivity contribution in [3.63, 3.8) is 0 Å². The molecule has 5 rings (SSSR count). The number of aliphatic hydroxyl groups excluding tert-OH is 1. The van der Waals surface area contributed by atoms with Crippen LogP contribution in [0.5, 0.6) is 0 Å². The Morgan fingerprint density at radius 2 is 1.58 bits per heavy atom. The molecule has 0 aromatic heterocycles. The fourth-order valence-corrected chi connectivity index (χ4v) is 10.4. The van der Waals surface area contributed by atoms with E-state index in [0.717, 1.165) is 18.3 Å². The van der Waals surface area contributed by atoms with E-state index in [9.17, 15) is 5.11 Å². The van der Waals surface area contributed by atoms with E-state index in [4.69, 9.17) is 0 Å². The molecule has 0 radical (unpaired) electrons. The van der Waals surface area contributed by atoms with Crippen molar-refractivity contribution in [3.8, 4) is 0 Å². The van der Waals surface area contributed by atoms with Gasteiger partial charge in [-0.3, -0.25) is 0 Å². The van der Waals surface area contributed by atoms with Gasteiger partial charge in [0.25, 0.3) is 0 Å². The second-order valence-corrected chi connectivity index (χ2v) is 14.2. The lowest BCUT2D eigenvalue weighted by Gasteiger charge is -2.71. The lowest BCUT2D eigenvalue weighted by Crippen LogP contribution is -2.64. The Bertz CT molecular complexity index is 833. The fraction of sp³-hybridized carbons (Fsp3) is 0.867. The molecule has 0 unspecified atom stereocenters. The third kappa shape index (κ3) is 2.59. The standard InChI is InChI=1S/C30H48O/c1-19-11-14-27(5)17-18-29(7)21(25(27)20(19)2)9-10-23-28(6)15-13-24(31)26(3,4)22(28)12-16-30(23,29)8/h9,11,20,22-25,31H,10,12-18H2,1-8H3/t20-,22-,23-,24+,25+,27-,28+,29-,30-/m1/s1. The van der Waals surface area contributed by atoms with Gasteiger partial charge in [-0.25, -0.2) is 0 Å². The van der Waals surface area contributed by atoms with Crippen molar-refractivity contribution >= 4 is 0 Å². The van der Waals surface area contributed by atoms with Gasteiger partial charge in [-0.15, -0.1) is 0 Å². The quantitative estimate of drug-likeness (QED) is 0.391. The van der Waals surface area contributed by atoms with Crippen LogP contribution in [0.1, 0.15) is 107 Å². The molecule has 0 aromatic carbocycles. The topological polar surface area (TPSA) is 20.2 Å². The molecule has 0 amide bonds. The molecule has 0 aliphatic heterocycles. The summed E-state index contributed by atoms with van der Waals surface area (Å²) < 4.78 is 0. The summed E-state index contributed by atoms with van der Waals surface area (Å²) in [6, 6.07) is 0. The summed E-state index contributed by atoms with van der Waals surface area (Å²) in [6.07, 6.45) is 15.3. The van der Waals surface area contributed by atoms with Crippen molar-refractivity contribution in [2.45, 2.75) is 113 Å². The van der Waals surface area contributed by atoms with Gasteiger partial charge in [0.05, 0.1) is 6.10 Å². The van der Waals surface area contributed by atoms with Crippen LogP contribution in [-0.2, 0) is 0 Å². The van der Waals surface area contributed by atoms with Gasteiger partial charge >= 0.3 is 0 Å². The van der Waals surface area contributed by atoms with Gasteiger partial charge in [0.15, 0.2) is 0 Å². The van der Waals surface area contributed by atoms with E-state index >= 15 is 0 Å².